The van der Waals surface area contributed by atoms with E-state index in [2.05, 4.69) is 10.4 Å². The van der Waals surface area contributed by atoms with Gasteiger partial charge in [-0.3, -0.25) is 10.1 Å². The van der Waals surface area contributed by atoms with E-state index in [0.29, 0.717) is 5.84 Å². The van der Waals surface area contributed by atoms with Gasteiger partial charge in [0.2, 0.25) is 0 Å². The van der Waals surface area contributed by atoms with Crippen LogP contribution in [-0.2, 0) is 7.05 Å². The molecule has 1 aromatic heterocycles. The minimum absolute atomic E-state index is 0.429. The highest BCUT2D eigenvalue weighted by molar-refractivity contribution is 5.98. The lowest BCUT2D eigenvalue weighted by molar-refractivity contribution is 0.731. The van der Waals surface area contributed by atoms with E-state index in [0.717, 1.165) is 17.0 Å². The smallest absolute Gasteiger partial charge is 0.128 e. The first kappa shape index (κ1) is 8.77. The van der Waals surface area contributed by atoms with Crippen molar-refractivity contribution < 1.29 is 0 Å². The first-order valence-electron chi connectivity index (χ1n) is 3.84. The molecule has 0 radical (unpaired) electrons. The lowest BCUT2D eigenvalue weighted by atomic mass is 10.2. The zero-order valence-electron chi connectivity index (χ0n) is 7.89. The number of aromatic nitrogens is 2. The Labute approximate surface area is 72.1 Å². The monoisotopic (exact) mass is 166 g/mol. The van der Waals surface area contributed by atoms with Crippen LogP contribution in [0.2, 0.25) is 0 Å². The molecule has 1 rings (SSSR count). The predicted molar refractivity (Wildman–Crippen MR) is 48.6 cm³/mol. The Morgan fingerprint density at radius 3 is 2.42 bits per heavy atom. The molecule has 0 fully saturated rings. The van der Waals surface area contributed by atoms with E-state index < -0.39 is 0 Å². The van der Waals surface area contributed by atoms with Crippen molar-refractivity contribution in [2.45, 2.75) is 13.8 Å². The molecule has 4 heteroatoms. The molecule has 1 heterocycles. The van der Waals surface area contributed by atoms with E-state index in [1.54, 1.807) is 11.7 Å². The summed E-state index contributed by atoms with van der Waals surface area (Å²) in [5.41, 5.74) is 2.82. The molecular formula is C8H14N4. The largest absolute Gasteiger partial charge is 0.373 e. The maximum absolute atomic E-state index is 7.61. The van der Waals surface area contributed by atoms with Crippen molar-refractivity contribution >= 4 is 5.84 Å². The molecule has 0 aliphatic heterocycles. The Hall–Kier alpha value is -1.32. The summed E-state index contributed by atoms with van der Waals surface area (Å²) in [5.74, 6) is 0.429. The van der Waals surface area contributed by atoms with E-state index in [4.69, 9.17) is 5.41 Å². The van der Waals surface area contributed by atoms with E-state index in [-0.39, 0.29) is 0 Å². The fourth-order valence-corrected chi connectivity index (χ4v) is 1.26. The van der Waals surface area contributed by atoms with Crippen LogP contribution in [0.15, 0.2) is 0 Å². The average Bonchev–Trinajstić information content (AvgIpc) is 2.26. The molecule has 12 heavy (non-hydrogen) atoms. The summed E-state index contributed by atoms with van der Waals surface area (Å²) in [7, 11) is 3.63. The van der Waals surface area contributed by atoms with Crippen LogP contribution in [0.25, 0.3) is 0 Å². The minimum atomic E-state index is 0.429. The average molecular weight is 166 g/mol. The van der Waals surface area contributed by atoms with Gasteiger partial charge in [0.15, 0.2) is 0 Å². The first-order valence-corrected chi connectivity index (χ1v) is 3.84. The first-order chi connectivity index (χ1) is 5.57. The number of amidine groups is 1. The van der Waals surface area contributed by atoms with Crippen molar-refractivity contribution in [1.29, 1.82) is 5.41 Å². The van der Waals surface area contributed by atoms with Gasteiger partial charge in [0.05, 0.1) is 11.3 Å². The standard InChI is InChI=1S/C8H14N4/c1-5-7(8(9)10-3)6(2)12(4)11-5/h1-4H3,(H2,9,10). The molecule has 0 saturated carbocycles. The maximum Gasteiger partial charge on any atom is 0.128 e. The lowest BCUT2D eigenvalue weighted by Crippen LogP contribution is -2.19. The second kappa shape index (κ2) is 2.97. The van der Waals surface area contributed by atoms with Crippen molar-refractivity contribution in [3.8, 4) is 0 Å². The van der Waals surface area contributed by atoms with Crippen LogP contribution in [0.5, 0.6) is 0 Å². The second-order valence-electron chi connectivity index (χ2n) is 2.79. The molecule has 0 amide bonds. The van der Waals surface area contributed by atoms with Crippen molar-refractivity contribution in [2.75, 3.05) is 7.05 Å². The molecule has 0 aromatic carbocycles. The van der Waals surface area contributed by atoms with Gasteiger partial charge >= 0.3 is 0 Å². The van der Waals surface area contributed by atoms with E-state index in [1.807, 2.05) is 20.9 Å². The third-order valence-electron chi connectivity index (χ3n) is 2.01. The number of nitrogens with zero attached hydrogens (tertiary/aromatic N) is 2. The Bertz CT molecular complexity index is 311. The van der Waals surface area contributed by atoms with Crippen molar-refractivity contribution in [2.24, 2.45) is 7.05 Å². The van der Waals surface area contributed by atoms with Crippen LogP contribution in [-0.4, -0.2) is 22.7 Å². The highest BCUT2D eigenvalue weighted by Gasteiger charge is 2.12. The number of aryl methyl sites for hydroxylation is 2. The van der Waals surface area contributed by atoms with Gasteiger partial charge in [-0.15, -0.1) is 0 Å². The third-order valence-corrected chi connectivity index (χ3v) is 2.01. The van der Waals surface area contributed by atoms with Crippen molar-refractivity contribution in [3.63, 3.8) is 0 Å². The van der Waals surface area contributed by atoms with Gasteiger partial charge in [0, 0.05) is 19.8 Å². The van der Waals surface area contributed by atoms with E-state index in [9.17, 15) is 0 Å². The number of hydrogen-bond acceptors (Lipinski definition) is 2. The zero-order chi connectivity index (χ0) is 9.30. The molecule has 0 aliphatic rings. The number of nitrogens with one attached hydrogen (secondary N) is 2. The van der Waals surface area contributed by atoms with Gasteiger partial charge in [0.25, 0.3) is 0 Å². The summed E-state index contributed by atoms with van der Waals surface area (Å²) in [6, 6.07) is 0. The molecule has 0 bridgehead atoms. The molecule has 0 aliphatic carbocycles. The van der Waals surface area contributed by atoms with Crippen LogP contribution in [0.4, 0.5) is 0 Å². The molecule has 0 unspecified atom stereocenters. The van der Waals surface area contributed by atoms with Gasteiger partial charge < -0.3 is 5.32 Å². The number of rotatable bonds is 1. The Morgan fingerprint density at radius 1 is 1.50 bits per heavy atom. The Balaban J connectivity index is 3.22. The summed E-state index contributed by atoms with van der Waals surface area (Å²) in [6.07, 6.45) is 0. The molecular weight excluding hydrogens is 152 g/mol. The van der Waals surface area contributed by atoms with Gasteiger partial charge in [-0.1, -0.05) is 0 Å². The summed E-state index contributed by atoms with van der Waals surface area (Å²) in [4.78, 5) is 0. The summed E-state index contributed by atoms with van der Waals surface area (Å²) in [5, 5.41) is 14.6. The second-order valence-corrected chi connectivity index (χ2v) is 2.79. The number of hydrogen-bond donors (Lipinski definition) is 2. The SMILES string of the molecule is CNC(=N)c1c(C)nn(C)c1C. The summed E-state index contributed by atoms with van der Waals surface area (Å²) >= 11 is 0. The van der Waals surface area contributed by atoms with Crippen LogP contribution >= 0.6 is 0 Å². The predicted octanol–water partition coefficient (Wildman–Crippen LogP) is 0.582. The highest BCUT2D eigenvalue weighted by Crippen LogP contribution is 2.10. The zero-order valence-corrected chi connectivity index (χ0v) is 7.89. The molecule has 66 valence electrons. The summed E-state index contributed by atoms with van der Waals surface area (Å²) < 4.78 is 1.79. The fraction of sp³-hybridized carbons (Fsp3) is 0.500. The van der Waals surface area contributed by atoms with Crippen LogP contribution in [0.1, 0.15) is 17.0 Å². The van der Waals surface area contributed by atoms with Gasteiger partial charge in [-0.25, -0.2) is 0 Å². The Kier molecular flexibility index (Phi) is 2.17. The molecule has 0 atom stereocenters. The highest BCUT2D eigenvalue weighted by atomic mass is 15.3. The minimum Gasteiger partial charge on any atom is -0.373 e. The van der Waals surface area contributed by atoms with E-state index >= 15 is 0 Å². The molecule has 1 aromatic rings. The van der Waals surface area contributed by atoms with Crippen LogP contribution in [0.3, 0.4) is 0 Å². The lowest BCUT2D eigenvalue weighted by Gasteiger charge is -2.02. The van der Waals surface area contributed by atoms with Gasteiger partial charge in [0.1, 0.15) is 5.84 Å². The van der Waals surface area contributed by atoms with Gasteiger partial charge in [-0.2, -0.15) is 5.10 Å². The van der Waals surface area contributed by atoms with Crippen molar-refractivity contribution in [3.05, 3.63) is 17.0 Å². The molecule has 0 saturated heterocycles. The third kappa shape index (κ3) is 1.20. The van der Waals surface area contributed by atoms with Crippen LogP contribution < -0.4 is 5.32 Å². The van der Waals surface area contributed by atoms with Gasteiger partial charge in [-0.05, 0) is 13.8 Å². The molecule has 0 spiro atoms. The van der Waals surface area contributed by atoms with Crippen LogP contribution in [0, 0.1) is 19.3 Å². The van der Waals surface area contributed by atoms with E-state index in [1.165, 1.54) is 0 Å². The maximum atomic E-state index is 7.61. The molecule has 4 nitrogen and oxygen atoms in total. The molecule has 2 N–H and O–H groups in total. The fourth-order valence-electron chi connectivity index (χ4n) is 1.26. The van der Waals surface area contributed by atoms with Crippen molar-refractivity contribution in [1.82, 2.24) is 15.1 Å². The topological polar surface area (TPSA) is 53.7 Å². The summed E-state index contributed by atoms with van der Waals surface area (Å²) in [6.45, 7) is 3.87. The quantitative estimate of drug-likeness (QED) is 0.473. The Morgan fingerprint density at radius 2 is 2.08 bits per heavy atom. The normalized spacial score (nSPS) is 10.0.